The number of hydrogen-bond donors (Lipinski definition) is 3. The molecule has 98 valence electrons. The van der Waals surface area contributed by atoms with Crippen LogP contribution in [0.3, 0.4) is 0 Å². The molecule has 2 aromatic heterocycles. The number of aromatic nitrogens is 2. The number of aromatic amines is 1. The Labute approximate surface area is 106 Å². The van der Waals surface area contributed by atoms with E-state index in [1.165, 1.54) is 0 Å². The maximum Gasteiger partial charge on any atom is 0.152 e. The molecule has 3 N–H and O–H groups in total. The van der Waals surface area contributed by atoms with Crippen LogP contribution in [0.4, 0.5) is 0 Å². The summed E-state index contributed by atoms with van der Waals surface area (Å²) >= 11 is 0. The van der Waals surface area contributed by atoms with Gasteiger partial charge in [-0.25, -0.2) is 0 Å². The van der Waals surface area contributed by atoms with Crippen LogP contribution in [-0.2, 0) is 6.54 Å². The number of H-pyrrole nitrogens is 1. The summed E-state index contributed by atoms with van der Waals surface area (Å²) in [6.45, 7) is 4.75. The number of rotatable bonds is 6. The third-order valence-electron chi connectivity index (χ3n) is 3.00. The monoisotopic (exact) mass is 249 g/mol. The first-order valence-electron chi connectivity index (χ1n) is 6.18. The quantitative estimate of drug-likeness (QED) is 0.730. The fourth-order valence-corrected chi connectivity index (χ4v) is 1.82. The molecule has 2 heterocycles. The lowest BCUT2D eigenvalue weighted by atomic mass is 10.2. The summed E-state index contributed by atoms with van der Waals surface area (Å²) in [7, 11) is 0. The standard InChI is InChI=1S/C13H19N3O2/c1-3-11(8-17)14-6-10-7-15-16-13(10)12-5-4-9(2)18-12/h4-5,7,11,14,17H,3,6,8H2,1-2H3,(H,15,16)/t11-/m1/s1. The number of nitrogens with zero attached hydrogens (tertiary/aromatic N) is 1. The summed E-state index contributed by atoms with van der Waals surface area (Å²) < 4.78 is 5.58. The first kappa shape index (κ1) is 12.9. The van der Waals surface area contributed by atoms with E-state index in [-0.39, 0.29) is 12.6 Å². The van der Waals surface area contributed by atoms with E-state index in [0.717, 1.165) is 29.2 Å². The minimum absolute atomic E-state index is 0.117. The highest BCUT2D eigenvalue weighted by molar-refractivity contribution is 5.56. The lowest BCUT2D eigenvalue weighted by Gasteiger charge is -2.13. The molecule has 0 aromatic carbocycles. The second-order valence-corrected chi connectivity index (χ2v) is 4.35. The van der Waals surface area contributed by atoms with Crippen molar-refractivity contribution in [1.29, 1.82) is 0 Å². The number of hydrogen-bond acceptors (Lipinski definition) is 4. The van der Waals surface area contributed by atoms with Gasteiger partial charge in [0, 0.05) is 18.2 Å². The molecule has 0 fully saturated rings. The molecule has 0 saturated carbocycles. The van der Waals surface area contributed by atoms with E-state index in [2.05, 4.69) is 15.5 Å². The average Bonchev–Trinajstić information content (AvgIpc) is 2.99. The molecule has 1 atom stereocenters. The van der Waals surface area contributed by atoms with Crippen molar-refractivity contribution in [3.05, 3.63) is 29.7 Å². The predicted octanol–water partition coefficient (Wildman–Crippen LogP) is 1.84. The van der Waals surface area contributed by atoms with Gasteiger partial charge in [0.25, 0.3) is 0 Å². The van der Waals surface area contributed by atoms with Gasteiger partial charge >= 0.3 is 0 Å². The fourth-order valence-electron chi connectivity index (χ4n) is 1.82. The Morgan fingerprint density at radius 1 is 1.50 bits per heavy atom. The van der Waals surface area contributed by atoms with Crippen molar-refractivity contribution in [2.45, 2.75) is 32.9 Å². The maximum atomic E-state index is 9.14. The summed E-state index contributed by atoms with van der Waals surface area (Å²) in [5, 5.41) is 19.4. The molecule has 2 aromatic rings. The molecular weight excluding hydrogens is 230 g/mol. The molecule has 5 heteroatoms. The van der Waals surface area contributed by atoms with Gasteiger partial charge < -0.3 is 14.8 Å². The fraction of sp³-hybridized carbons (Fsp3) is 0.462. The van der Waals surface area contributed by atoms with Gasteiger partial charge in [-0.05, 0) is 25.5 Å². The first-order chi connectivity index (χ1) is 8.74. The van der Waals surface area contributed by atoms with E-state index < -0.39 is 0 Å². The molecule has 0 radical (unpaired) electrons. The second-order valence-electron chi connectivity index (χ2n) is 4.35. The van der Waals surface area contributed by atoms with Crippen LogP contribution >= 0.6 is 0 Å². The Kier molecular flexibility index (Phi) is 4.17. The van der Waals surface area contributed by atoms with Crippen molar-refractivity contribution in [1.82, 2.24) is 15.5 Å². The van der Waals surface area contributed by atoms with Gasteiger partial charge in [0.1, 0.15) is 11.5 Å². The molecule has 18 heavy (non-hydrogen) atoms. The highest BCUT2D eigenvalue weighted by Gasteiger charge is 2.12. The van der Waals surface area contributed by atoms with Gasteiger partial charge in [0.05, 0.1) is 12.8 Å². The van der Waals surface area contributed by atoms with Crippen LogP contribution in [0.2, 0.25) is 0 Å². The lowest BCUT2D eigenvalue weighted by molar-refractivity contribution is 0.238. The van der Waals surface area contributed by atoms with Crippen molar-refractivity contribution < 1.29 is 9.52 Å². The summed E-state index contributed by atoms with van der Waals surface area (Å²) in [4.78, 5) is 0. The van der Waals surface area contributed by atoms with Crippen LogP contribution in [0.25, 0.3) is 11.5 Å². The normalized spacial score (nSPS) is 12.8. The summed E-state index contributed by atoms with van der Waals surface area (Å²) in [5.41, 5.74) is 1.93. The number of nitrogens with one attached hydrogen (secondary N) is 2. The minimum Gasteiger partial charge on any atom is -0.460 e. The van der Waals surface area contributed by atoms with Crippen LogP contribution < -0.4 is 5.32 Å². The van der Waals surface area contributed by atoms with Crippen molar-refractivity contribution in [3.8, 4) is 11.5 Å². The molecule has 0 unspecified atom stereocenters. The molecule has 0 aliphatic heterocycles. The zero-order valence-electron chi connectivity index (χ0n) is 10.7. The average molecular weight is 249 g/mol. The van der Waals surface area contributed by atoms with Gasteiger partial charge in [0.15, 0.2) is 5.76 Å². The van der Waals surface area contributed by atoms with Crippen molar-refractivity contribution >= 4 is 0 Å². The topological polar surface area (TPSA) is 74.1 Å². The Bertz CT molecular complexity index is 486. The maximum absolute atomic E-state index is 9.14. The summed E-state index contributed by atoms with van der Waals surface area (Å²) in [6.07, 6.45) is 2.67. The van der Waals surface area contributed by atoms with Crippen molar-refractivity contribution in [3.63, 3.8) is 0 Å². The number of aliphatic hydroxyl groups excluding tert-OH is 1. The predicted molar refractivity (Wildman–Crippen MR) is 69.0 cm³/mol. The van der Waals surface area contributed by atoms with Gasteiger partial charge in [-0.2, -0.15) is 5.10 Å². The van der Waals surface area contributed by atoms with E-state index in [0.29, 0.717) is 6.54 Å². The summed E-state index contributed by atoms with van der Waals surface area (Å²) in [5.74, 6) is 1.67. The van der Waals surface area contributed by atoms with Crippen LogP contribution in [0.15, 0.2) is 22.7 Å². The third kappa shape index (κ3) is 2.80. The molecular formula is C13H19N3O2. The highest BCUT2D eigenvalue weighted by atomic mass is 16.3. The lowest BCUT2D eigenvalue weighted by Crippen LogP contribution is -2.31. The van der Waals surface area contributed by atoms with Gasteiger partial charge in [0.2, 0.25) is 0 Å². The third-order valence-corrected chi connectivity index (χ3v) is 3.00. The van der Waals surface area contributed by atoms with E-state index in [1.54, 1.807) is 6.20 Å². The first-order valence-corrected chi connectivity index (χ1v) is 6.18. The highest BCUT2D eigenvalue weighted by Crippen LogP contribution is 2.23. The number of aliphatic hydroxyl groups is 1. The van der Waals surface area contributed by atoms with Gasteiger partial charge in [-0.15, -0.1) is 0 Å². The minimum atomic E-state index is 0.117. The largest absolute Gasteiger partial charge is 0.460 e. The van der Waals surface area contributed by atoms with E-state index in [9.17, 15) is 0 Å². The number of aryl methyl sites for hydroxylation is 1. The molecule has 5 nitrogen and oxygen atoms in total. The van der Waals surface area contributed by atoms with Crippen molar-refractivity contribution in [2.75, 3.05) is 6.61 Å². The van der Waals surface area contributed by atoms with Crippen LogP contribution in [0, 0.1) is 6.92 Å². The molecule has 0 bridgehead atoms. The zero-order chi connectivity index (χ0) is 13.0. The molecule has 0 spiro atoms. The summed E-state index contributed by atoms with van der Waals surface area (Å²) in [6, 6.07) is 3.97. The zero-order valence-corrected chi connectivity index (χ0v) is 10.7. The van der Waals surface area contributed by atoms with E-state index in [4.69, 9.17) is 9.52 Å². The molecule has 0 saturated heterocycles. The Morgan fingerprint density at radius 2 is 2.33 bits per heavy atom. The van der Waals surface area contributed by atoms with Crippen LogP contribution in [0.1, 0.15) is 24.7 Å². The van der Waals surface area contributed by atoms with Crippen molar-refractivity contribution in [2.24, 2.45) is 0 Å². The molecule has 2 rings (SSSR count). The Balaban J connectivity index is 2.08. The van der Waals surface area contributed by atoms with Crippen LogP contribution in [0.5, 0.6) is 0 Å². The Morgan fingerprint density at radius 3 is 2.94 bits per heavy atom. The SMILES string of the molecule is CC[C@H](CO)NCc1cn[nH]c1-c1ccc(C)o1. The van der Waals surface area contributed by atoms with Gasteiger partial charge in [-0.3, -0.25) is 5.10 Å². The Hall–Kier alpha value is -1.59. The smallest absolute Gasteiger partial charge is 0.152 e. The van der Waals surface area contributed by atoms with Gasteiger partial charge in [-0.1, -0.05) is 6.92 Å². The molecule has 0 aliphatic rings. The molecule has 0 amide bonds. The van der Waals surface area contributed by atoms with E-state index in [1.807, 2.05) is 26.0 Å². The number of furan rings is 1. The van der Waals surface area contributed by atoms with E-state index >= 15 is 0 Å². The van der Waals surface area contributed by atoms with Crippen LogP contribution in [-0.4, -0.2) is 28.0 Å². The second kappa shape index (κ2) is 5.84. The molecule has 0 aliphatic carbocycles.